The zero-order chi connectivity index (χ0) is 14.3. The second-order valence-corrected chi connectivity index (χ2v) is 3.74. The number of nitrogens with zero attached hydrogens (tertiary/aromatic N) is 4. The van der Waals surface area contributed by atoms with Crippen molar-refractivity contribution in [3.8, 4) is 0 Å². The van der Waals surface area contributed by atoms with Crippen LogP contribution in [0.2, 0.25) is 0 Å². The van der Waals surface area contributed by atoms with Gasteiger partial charge in [-0.05, 0) is 38.2 Å². The number of hydrogen-bond donors (Lipinski definition) is 0. The van der Waals surface area contributed by atoms with Gasteiger partial charge in [-0.15, -0.1) is 0 Å². The molecule has 6 nitrogen and oxygen atoms in total. The summed E-state index contributed by atoms with van der Waals surface area (Å²) in [7, 11) is 0. The molecule has 7 heteroatoms. The number of hydrogen-bond acceptors (Lipinski definition) is 4. The zero-order valence-corrected chi connectivity index (χ0v) is 11.6. The number of thiocarbonyl (C=S) groups is 1. The van der Waals surface area contributed by atoms with Crippen molar-refractivity contribution in [2.45, 2.75) is 13.8 Å². The molecule has 1 aromatic rings. The Kier molecular flexibility index (Phi) is 5.78. The molecule has 1 aromatic carbocycles. The summed E-state index contributed by atoms with van der Waals surface area (Å²) in [5.41, 5.74) is 0.614. The summed E-state index contributed by atoms with van der Waals surface area (Å²) in [5.74, 6) is 0.453. The van der Waals surface area contributed by atoms with Gasteiger partial charge < -0.3 is 4.90 Å². The lowest BCUT2D eigenvalue weighted by Crippen LogP contribution is -2.28. The Balaban J connectivity index is 3.07. The van der Waals surface area contributed by atoms with Crippen LogP contribution in [-0.4, -0.2) is 34.0 Å². The summed E-state index contributed by atoms with van der Waals surface area (Å²) < 4.78 is 0. The number of aliphatic imine (C=N–C) groups is 2. The van der Waals surface area contributed by atoms with Gasteiger partial charge in [0.2, 0.25) is 5.96 Å². The van der Waals surface area contributed by atoms with E-state index in [1.807, 2.05) is 18.7 Å². The quantitative estimate of drug-likeness (QED) is 0.279. The number of non-ortho nitro benzene ring substituents is 1. The molecule has 0 aliphatic rings. The van der Waals surface area contributed by atoms with Crippen LogP contribution in [0.1, 0.15) is 13.8 Å². The second kappa shape index (κ2) is 7.35. The van der Waals surface area contributed by atoms with Gasteiger partial charge in [0.15, 0.2) is 0 Å². The lowest BCUT2D eigenvalue weighted by Gasteiger charge is -2.18. The summed E-state index contributed by atoms with van der Waals surface area (Å²) in [4.78, 5) is 20.3. The van der Waals surface area contributed by atoms with E-state index in [-0.39, 0.29) is 5.69 Å². The molecule has 19 heavy (non-hydrogen) atoms. The minimum Gasteiger partial charge on any atom is -0.341 e. The third-order valence-electron chi connectivity index (χ3n) is 2.48. The molecule has 0 saturated carbocycles. The predicted molar refractivity (Wildman–Crippen MR) is 78.1 cm³/mol. The Morgan fingerprint density at radius 3 is 2.37 bits per heavy atom. The molecular weight excluding hydrogens is 264 g/mol. The van der Waals surface area contributed by atoms with E-state index < -0.39 is 4.92 Å². The van der Waals surface area contributed by atoms with Crippen molar-refractivity contribution in [3.63, 3.8) is 0 Å². The molecule has 0 radical (unpaired) electrons. The standard InChI is InChI=1S/C12H14N4O2S/c1-3-15(4-2)12(13-9-19)14-10-5-7-11(8-6-10)16(17)18/h5-8H,3-4H2,1-2H3. The molecule has 0 N–H and O–H groups in total. The summed E-state index contributed by atoms with van der Waals surface area (Å²) >= 11 is 4.60. The molecule has 0 saturated heterocycles. The van der Waals surface area contributed by atoms with Crippen LogP contribution in [0.3, 0.4) is 0 Å². The molecule has 0 heterocycles. The minimum absolute atomic E-state index is 0.0293. The Morgan fingerprint density at radius 2 is 1.95 bits per heavy atom. The van der Waals surface area contributed by atoms with Crippen LogP contribution in [-0.2, 0) is 0 Å². The molecule has 0 fully saturated rings. The van der Waals surface area contributed by atoms with E-state index in [4.69, 9.17) is 0 Å². The minimum atomic E-state index is -0.450. The van der Waals surface area contributed by atoms with E-state index in [9.17, 15) is 10.1 Å². The maximum absolute atomic E-state index is 10.6. The average Bonchev–Trinajstić information content (AvgIpc) is 2.41. The maximum Gasteiger partial charge on any atom is 0.269 e. The van der Waals surface area contributed by atoms with Gasteiger partial charge in [0.25, 0.3) is 5.69 Å². The first-order valence-corrected chi connectivity index (χ1v) is 6.19. The van der Waals surface area contributed by atoms with Crippen molar-refractivity contribution in [2.75, 3.05) is 13.1 Å². The Labute approximate surface area is 116 Å². The van der Waals surface area contributed by atoms with Crippen LogP contribution in [0.25, 0.3) is 0 Å². The van der Waals surface area contributed by atoms with Crippen molar-refractivity contribution >= 4 is 34.7 Å². The smallest absolute Gasteiger partial charge is 0.269 e. The Hall–Kier alpha value is -2.11. The summed E-state index contributed by atoms with van der Waals surface area (Å²) in [5, 5.41) is 12.9. The Morgan fingerprint density at radius 1 is 1.37 bits per heavy atom. The van der Waals surface area contributed by atoms with Gasteiger partial charge in [-0.25, -0.2) is 4.99 Å². The lowest BCUT2D eigenvalue weighted by atomic mass is 10.3. The van der Waals surface area contributed by atoms with Gasteiger partial charge in [-0.1, -0.05) is 0 Å². The Bertz CT molecular complexity index is 517. The summed E-state index contributed by atoms with van der Waals surface area (Å²) in [6, 6.07) is 5.95. The number of guanidine groups is 1. The molecule has 0 bridgehead atoms. The van der Waals surface area contributed by atoms with E-state index in [0.717, 1.165) is 13.1 Å². The van der Waals surface area contributed by atoms with Crippen LogP contribution in [0.5, 0.6) is 0 Å². The highest BCUT2D eigenvalue weighted by molar-refractivity contribution is 7.78. The van der Waals surface area contributed by atoms with Crippen LogP contribution in [0.4, 0.5) is 11.4 Å². The van der Waals surface area contributed by atoms with Crippen LogP contribution in [0.15, 0.2) is 34.3 Å². The van der Waals surface area contributed by atoms with Crippen molar-refractivity contribution in [1.29, 1.82) is 0 Å². The highest BCUT2D eigenvalue weighted by Gasteiger charge is 2.07. The molecule has 0 atom stereocenters. The second-order valence-electron chi connectivity index (χ2n) is 3.56. The van der Waals surface area contributed by atoms with Gasteiger partial charge in [0, 0.05) is 25.2 Å². The van der Waals surface area contributed by atoms with Crippen molar-refractivity contribution < 1.29 is 4.92 Å². The predicted octanol–water partition coefficient (Wildman–Crippen LogP) is 3.03. The van der Waals surface area contributed by atoms with Crippen molar-refractivity contribution in [2.24, 2.45) is 9.98 Å². The summed E-state index contributed by atoms with van der Waals surface area (Å²) in [6.07, 6.45) is 0. The molecule has 0 aromatic heterocycles. The number of isothiocyanates is 1. The molecule has 100 valence electrons. The van der Waals surface area contributed by atoms with Crippen LogP contribution >= 0.6 is 12.2 Å². The first-order chi connectivity index (χ1) is 9.12. The van der Waals surface area contributed by atoms with E-state index >= 15 is 0 Å². The SMILES string of the molecule is CCN(CC)C(N=C=S)=Nc1ccc([N+](=O)[O-])cc1. The summed E-state index contributed by atoms with van der Waals surface area (Å²) in [6.45, 7) is 5.44. The highest BCUT2D eigenvalue weighted by atomic mass is 32.1. The van der Waals surface area contributed by atoms with Crippen LogP contribution in [0, 0.1) is 10.1 Å². The van der Waals surface area contributed by atoms with Crippen molar-refractivity contribution in [3.05, 3.63) is 34.4 Å². The molecule has 1 rings (SSSR count). The number of nitro groups is 1. The van der Waals surface area contributed by atoms with Gasteiger partial charge in [0.05, 0.1) is 15.8 Å². The van der Waals surface area contributed by atoms with Gasteiger partial charge in [-0.3, -0.25) is 10.1 Å². The first kappa shape index (κ1) is 14.9. The molecule has 0 unspecified atom stereocenters. The maximum atomic E-state index is 10.6. The van der Waals surface area contributed by atoms with E-state index in [1.165, 1.54) is 12.1 Å². The molecule has 0 aliphatic carbocycles. The zero-order valence-electron chi connectivity index (χ0n) is 10.7. The topological polar surface area (TPSA) is 71.1 Å². The fourth-order valence-corrected chi connectivity index (χ4v) is 1.56. The van der Waals surface area contributed by atoms with Gasteiger partial charge in [0.1, 0.15) is 0 Å². The van der Waals surface area contributed by atoms with Crippen LogP contribution < -0.4 is 0 Å². The average molecular weight is 278 g/mol. The normalized spacial score (nSPS) is 10.7. The third-order valence-corrected chi connectivity index (χ3v) is 2.57. The number of rotatable bonds is 4. The first-order valence-electron chi connectivity index (χ1n) is 5.78. The van der Waals surface area contributed by atoms with Crippen molar-refractivity contribution in [1.82, 2.24) is 4.90 Å². The fourth-order valence-electron chi connectivity index (χ4n) is 1.48. The van der Waals surface area contributed by atoms with E-state index in [0.29, 0.717) is 11.6 Å². The third kappa shape index (κ3) is 4.24. The monoisotopic (exact) mass is 278 g/mol. The molecule has 0 aliphatic heterocycles. The van der Waals surface area contributed by atoms with Gasteiger partial charge >= 0.3 is 0 Å². The van der Waals surface area contributed by atoms with E-state index in [1.54, 1.807) is 12.1 Å². The number of benzene rings is 1. The molecule has 0 amide bonds. The fraction of sp³-hybridized carbons (Fsp3) is 0.333. The van der Waals surface area contributed by atoms with E-state index in [2.05, 4.69) is 27.4 Å². The number of nitro benzene ring substituents is 1. The van der Waals surface area contributed by atoms with Gasteiger partial charge in [-0.2, -0.15) is 4.99 Å². The highest BCUT2D eigenvalue weighted by Crippen LogP contribution is 2.18. The molecular formula is C12H14N4O2S. The lowest BCUT2D eigenvalue weighted by molar-refractivity contribution is -0.384. The largest absolute Gasteiger partial charge is 0.341 e. The molecule has 0 spiro atoms.